The maximum absolute atomic E-state index is 12.4. The van der Waals surface area contributed by atoms with E-state index in [1.165, 1.54) is 5.56 Å². The number of nitrogens with zero attached hydrogens (tertiary/aromatic N) is 2. The average molecular weight is 362 g/mol. The monoisotopic (exact) mass is 362 g/mol. The maximum atomic E-state index is 12.4. The van der Waals surface area contributed by atoms with Gasteiger partial charge in [0.25, 0.3) is 0 Å². The number of rotatable bonds is 7. The molecule has 1 heterocycles. The van der Waals surface area contributed by atoms with Crippen LogP contribution in [0.15, 0.2) is 73.3 Å². The van der Waals surface area contributed by atoms with Gasteiger partial charge >= 0.3 is 6.03 Å². The van der Waals surface area contributed by atoms with Crippen LogP contribution in [0.25, 0.3) is 0 Å². The Labute approximate surface area is 160 Å². The van der Waals surface area contributed by atoms with E-state index in [0.29, 0.717) is 12.5 Å². The molecule has 2 aromatic carbocycles. The van der Waals surface area contributed by atoms with Crippen LogP contribution in [0.2, 0.25) is 0 Å². The summed E-state index contributed by atoms with van der Waals surface area (Å²) in [5, 5.41) is 6.06. The van der Waals surface area contributed by atoms with Crippen molar-refractivity contribution in [1.29, 1.82) is 0 Å². The van der Waals surface area contributed by atoms with Crippen molar-refractivity contribution >= 4 is 6.03 Å². The molecule has 27 heavy (non-hydrogen) atoms. The normalized spacial score (nSPS) is 12.0. The topological polar surface area (TPSA) is 59.0 Å². The number of benzene rings is 2. The zero-order valence-electron chi connectivity index (χ0n) is 15.8. The van der Waals surface area contributed by atoms with Gasteiger partial charge < -0.3 is 15.2 Å². The van der Waals surface area contributed by atoms with Crippen LogP contribution in [0.3, 0.4) is 0 Å². The van der Waals surface area contributed by atoms with E-state index in [1.54, 1.807) is 12.5 Å². The van der Waals surface area contributed by atoms with Crippen LogP contribution in [-0.4, -0.2) is 15.6 Å². The summed E-state index contributed by atoms with van der Waals surface area (Å²) < 4.78 is 2.02. The fourth-order valence-electron chi connectivity index (χ4n) is 3.10. The number of aromatic nitrogens is 2. The van der Waals surface area contributed by atoms with Crippen molar-refractivity contribution in [2.24, 2.45) is 5.92 Å². The second-order valence-electron chi connectivity index (χ2n) is 7.01. The molecule has 1 atom stereocenters. The van der Waals surface area contributed by atoms with Crippen LogP contribution in [-0.2, 0) is 13.1 Å². The lowest BCUT2D eigenvalue weighted by Gasteiger charge is -2.23. The number of amides is 2. The van der Waals surface area contributed by atoms with Crippen LogP contribution in [0, 0.1) is 5.92 Å². The van der Waals surface area contributed by atoms with Crippen molar-refractivity contribution in [3.63, 3.8) is 0 Å². The van der Waals surface area contributed by atoms with E-state index in [1.807, 2.05) is 53.2 Å². The minimum absolute atomic E-state index is 0.0150. The standard InChI is InChI=1S/C22H26N4O/c1-17(2)21(20-9-4-3-5-10-20)25-22(27)24-14-18-7-6-8-19(13-18)15-26-12-11-23-16-26/h3-13,16-17,21H,14-15H2,1-2H3,(H2,24,25,27). The Hall–Kier alpha value is -3.08. The molecule has 0 aliphatic heterocycles. The number of hydrogen-bond donors (Lipinski definition) is 2. The van der Waals surface area contributed by atoms with Gasteiger partial charge in [0.1, 0.15) is 0 Å². The number of hydrogen-bond acceptors (Lipinski definition) is 2. The van der Waals surface area contributed by atoms with Gasteiger partial charge in [0.15, 0.2) is 0 Å². The Morgan fingerprint density at radius 2 is 1.85 bits per heavy atom. The summed E-state index contributed by atoms with van der Waals surface area (Å²) in [6.45, 7) is 5.47. The number of nitrogens with one attached hydrogen (secondary N) is 2. The van der Waals surface area contributed by atoms with Crippen molar-refractivity contribution in [3.05, 3.63) is 90.0 Å². The molecule has 0 fully saturated rings. The fourth-order valence-corrected chi connectivity index (χ4v) is 3.10. The predicted octanol–water partition coefficient (Wildman–Crippen LogP) is 4.13. The first-order valence-electron chi connectivity index (χ1n) is 9.24. The van der Waals surface area contributed by atoms with Crippen molar-refractivity contribution in [1.82, 2.24) is 20.2 Å². The first-order valence-corrected chi connectivity index (χ1v) is 9.24. The van der Waals surface area contributed by atoms with Gasteiger partial charge in [-0.05, 0) is 22.6 Å². The molecule has 1 unspecified atom stereocenters. The average Bonchev–Trinajstić information content (AvgIpc) is 3.18. The van der Waals surface area contributed by atoms with E-state index >= 15 is 0 Å². The fraction of sp³-hybridized carbons (Fsp3) is 0.273. The van der Waals surface area contributed by atoms with Gasteiger partial charge in [-0.15, -0.1) is 0 Å². The SMILES string of the molecule is CC(C)C(NC(=O)NCc1cccc(Cn2ccnc2)c1)c1ccccc1. The molecule has 0 spiro atoms. The lowest BCUT2D eigenvalue weighted by atomic mass is 9.96. The van der Waals surface area contributed by atoms with E-state index in [9.17, 15) is 4.79 Å². The highest BCUT2D eigenvalue weighted by Crippen LogP contribution is 2.21. The van der Waals surface area contributed by atoms with Gasteiger partial charge in [-0.25, -0.2) is 9.78 Å². The molecule has 5 heteroatoms. The first-order chi connectivity index (χ1) is 13.1. The van der Waals surface area contributed by atoms with Crippen LogP contribution in [0.4, 0.5) is 4.79 Å². The highest BCUT2D eigenvalue weighted by atomic mass is 16.2. The van der Waals surface area contributed by atoms with Crippen molar-refractivity contribution in [2.75, 3.05) is 0 Å². The zero-order valence-corrected chi connectivity index (χ0v) is 15.8. The molecule has 5 nitrogen and oxygen atoms in total. The van der Waals surface area contributed by atoms with E-state index in [4.69, 9.17) is 0 Å². The molecule has 0 aliphatic carbocycles. The zero-order chi connectivity index (χ0) is 19.1. The molecule has 3 aromatic rings. The van der Waals surface area contributed by atoms with Gasteiger partial charge in [0, 0.05) is 25.5 Å². The molecule has 0 bridgehead atoms. The maximum Gasteiger partial charge on any atom is 0.315 e. The molecule has 2 amide bonds. The van der Waals surface area contributed by atoms with Gasteiger partial charge in [-0.2, -0.15) is 0 Å². The second kappa shape index (κ2) is 9.03. The Kier molecular flexibility index (Phi) is 6.26. The highest BCUT2D eigenvalue weighted by Gasteiger charge is 2.17. The van der Waals surface area contributed by atoms with Crippen molar-refractivity contribution in [2.45, 2.75) is 33.0 Å². The number of imidazole rings is 1. The first kappa shape index (κ1) is 18.7. The third-order valence-electron chi connectivity index (χ3n) is 4.48. The molecule has 0 saturated heterocycles. The number of urea groups is 1. The van der Waals surface area contributed by atoms with Crippen molar-refractivity contribution < 1.29 is 4.79 Å². The van der Waals surface area contributed by atoms with E-state index in [2.05, 4.69) is 41.6 Å². The summed E-state index contributed by atoms with van der Waals surface area (Å²) in [6.07, 6.45) is 5.51. The lowest BCUT2D eigenvalue weighted by Crippen LogP contribution is -2.39. The van der Waals surface area contributed by atoms with Gasteiger partial charge in [0.05, 0.1) is 12.4 Å². The second-order valence-corrected chi connectivity index (χ2v) is 7.01. The molecule has 3 rings (SSSR count). The Balaban J connectivity index is 1.57. The van der Waals surface area contributed by atoms with Gasteiger partial charge in [-0.3, -0.25) is 0 Å². The molecule has 0 radical (unpaired) electrons. The molecule has 2 N–H and O–H groups in total. The Bertz CT molecular complexity index is 844. The molecule has 0 saturated carbocycles. The molecular formula is C22H26N4O. The summed E-state index contributed by atoms with van der Waals surface area (Å²) >= 11 is 0. The largest absolute Gasteiger partial charge is 0.334 e. The molecule has 140 valence electrons. The summed E-state index contributed by atoms with van der Waals surface area (Å²) in [4.78, 5) is 16.5. The van der Waals surface area contributed by atoms with E-state index in [0.717, 1.165) is 17.7 Å². The van der Waals surface area contributed by atoms with Crippen LogP contribution >= 0.6 is 0 Å². The summed E-state index contributed by atoms with van der Waals surface area (Å²) in [6, 6.07) is 18.1. The summed E-state index contributed by atoms with van der Waals surface area (Å²) in [5.74, 6) is 0.302. The highest BCUT2D eigenvalue weighted by molar-refractivity contribution is 5.74. The van der Waals surface area contributed by atoms with Crippen LogP contribution in [0.1, 0.15) is 36.6 Å². The Morgan fingerprint density at radius 1 is 1.07 bits per heavy atom. The quantitative estimate of drug-likeness (QED) is 0.664. The third-order valence-corrected chi connectivity index (χ3v) is 4.48. The van der Waals surface area contributed by atoms with E-state index < -0.39 is 0 Å². The van der Waals surface area contributed by atoms with Crippen LogP contribution in [0.5, 0.6) is 0 Å². The number of carbonyl (C=O) groups is 1. The summed E-state index contributed by atoms with van der Waals surface area (Å²) in [7, 11) is 0. The lowest BCUT2D eigenvalue weighted by molar-refractivity contribution is 0.232. The van der Waals surface area contributed by atoms with Gasteiger partial charge in [0.2, 0.25) is 0 Å². The molecule has 1 aromatic heterocycles. The third kappa shape index (κ3) is 5.45. The van der Waals surface area contributed by atoms with Crippen molar-refractivity contribution in [3.8, 4) is 0 Å². The summed E-state index contributed by atoms with van der Waals surface area (Å²) in [5.41, 5.74) is 3.37. The molecule has 0 aliphatic rings. The minimum Gasteiger partial charge on any atom is -0.334 e. The Morgan fingerprint density at radius 3 is 2.56 bits per heavy atom. The molecular weight excluding hydrogens is 336 g/mol. The number of carbonyl (C=O) groups excluding carboxylic acids is 1. The minimum atomic E-state index is -0.155. The van der Waals surface area contributed by atoms with Gasteiger partial charge in [-0.1, -0.05) is 68.4 Å². The van der Waals surface area contributed by atoms with Crippen LogP contribution < -0.4 is 10.6 Å². The predicted molar refractivity (Wildman–Crippen MR) is 107 cm³/mol. The smallest absolute Gasteiger partial charge is 0.315 e. The van der Waals surface area contributed by atoms with E-state index in [-0.39, 0.29) is 12.1 Å².